The number of hydrogen-bond donors (Lipinski definition) is 0. The number of rotatable bonds is 6. The molecular weight excluding hydrogens is 893 g/mol. The van der Waals surface area contributed by atoms with Crippen molar-refractivity contribution in [2.24, 2.45) is 0 Å². The van der Waals surface area contributed by atoms with E-state index in [-0.39, 0.29) is 43.3 Å². The summed E-state index contributed by atoms with van der Waals surface area (Å²) in [6.07, 6.45) is 0. The van der Waals surface area contributed by atoms with Crippen LogP contribution in [0.5, 0.6) is 0 Å². The third kappa shape index (κ3) is 11.7. The maximum absolute atomic E-state index is 2.67. The number of hydrogen-bond acceptors (Lipinski definition) is 2. The molecule has 0 bridgehead atoms. The molecule has 0 N–H and O–H groups in total. The smallest absolute Gasteiger partial charge is 0.0620 e. The zero-order valence-electron chi connectivity index (χ0n) is 51.3. The van der Waals surface area contributed by atoms with Crippen molar-refractivity contribution >= 4 is 55.7 Å². The first kappa shape index (κ1) is 56.4. The summed E-state index contributed by atoms with van der Waals surface area (Å²) in [6, 6.07) is 44.3. The molecule has 74 heavy (non-hydrogen) atoms. The highest BCUT2D eigenvalue weighted by Gasteiger charge is 2.33. The van der Waals surface area contributed by atoms with Crippen LogP contribution < -0.4 is 9.80 Å². The molecule has 2 nitrogen and oxygen atoms in total. The Labute approximate surface area is 451 Å². The zero-order chi connectivity index (χ0) is 55.4. The van der Waals surface area contributed by atoms with Gasteiger partial charge in [0.05, 0.1) is 11.4 Å². The molecule has 7 aromatic rings. The second-order valence-corrected chi connectivity index (χ2v) is 30.5. The minimum absolute atomic E-state index is 0.0886. The van der Waals surface area contributed by atoms with Gasteiger partial charge in [0, 0.05) is 44.3 Å². The van der Waals surface area contributed by atoms with Crippen LogP contribution in [0, 0.1) is 13.8 Å². The van der Waals surface area contributed by atoms with Crippen molar-refractivity contribution in [2.75, 3.05) is 9.80 Å². The average molecular weight is 990 g/mol. The van der Waals surface area contributed by atoms with Gasteiger partial charge >= 0.3 is 0 Å². The molecule has 0 radical (unpaired) electrons. The summed E-state index contributed by atoms with van der Waals surface area (Å²) in [5, 5.41) is 4.89. The molecule has 0 heterocycles. The number of anilines is 6. The molecule has 394 valence electrons. The second kappa shape index (κ2) is 18.7. The standard InChI is InChI=1S/C72H96N2/c1-45-27-29-59-61(31-45)63(73(55-37-47(65(3,4)5)33-48(38-55)66(6,7)8)56-39-49(67(9,10)11)34-50(40-56)68(12,13)14)60-30-28-46(2)32-62(60)64(59)74(57-41-51(69(15,16)17)35-52(42-57)70(18,19)20)58-43-53(71(21,22)23)36-54(44-58)72(24,25)26/h27-44H,1-26H3. The molecule has 7 rings (SSSR count). The number of fused-ring (bicyclic) bond motifs is 2. The Morgan fingerprint density at radius 3 is 0.554 bits per heavy atom. The molecule has 0 aliphatic heterocycles. The maximum atomic E-state index is 2.67. The third-order valence-electron chi connectivity index (χ3n) is 15.4. The predicted molar refractivity (Wildman–Crippen MR) is 330 cm³/mol. The zero-order valence-corrected chi connectivity index (χ0v) is 51.3. The van der Waals surface area contributed by atoms with Gasteiger partial charge < -0.3 is 9.80 Å². The molecule has 0 atom stereocenters. The van der Waals surface area contributed by atoms with Crippen LogP contribution in [-0.2, 0) is 43.3 Å². The van der Waals surface area contributed by atoms with Crippen molar-refractivity contribution in [3.63, 3.8) is 0 Å². The van der Waals surface area contributed by atoms with Crippen LogP contribution in [0.4, 0.5) is 34.1 Å². The summed E-state index contributed by atoms with van der Waals surface area (Å²) in [5.74, 6) is 0. The molecule has 0 aliphatic rings. The average Bonchev–Trinajstić information content (AvgIpc) is 3.24. The third-order valence-corrected chi connectivity index (χ3v) is 15.4. The van der Waals surface area contributed by atoms with E-state index in [1.54, 1.807) is 0 Å². The van der Waals surface area contributed by atoms with Gasteiger partial charge in [-0.2, -0.15) is 0 Å². The lowest BCUT2D eigenvalue weighted by molar-refractivity contribution is 0.567. The van der Waals surface area contributed by atoms with E-state index >= 15 is 0 Å². The summed E-state index contributed by atoms with van der Waals surface area (Å²) in [4.78, 5) is 5.33. The number of benzene rings is 7. The van der Waals surface area contributed by atoms with E-state index in [2.05, 4.69) is 299 Å². The lowest BCUT2D eigenvalue weighted by atomic mass is 9.79. The molecule has 0 amide bonds. The summed E-state index contributed by atoms with van der Waals surface area (Å²) < 4.78 is 0. The first-order valence-electron chi connectivity index (χ1n) is 27.7. The van der Waals surface area contributed by atoms with Crippen LogP contribution >= 0.6 is 0 Å². The Balaban J connectivity index is 1.80. The molecule has 0 aromatic heterocycles. The second-order valence-electron chi connectivity index (χ2n) is 30.5. The topological polar surface area (TPSA) is 6.48 Å². The van der Waals surface area contributed by atoms with Crippen LogP contribution in [0.1, 0.15) is 222 Å². The molecule has 0 unspecified atom stereocenters. The van der Waals surface area contributed by atoms with Crippen molar-refractivity contribution in [1.29, 1.82) is 0 Å². The highest BCUT2D eigenvalue weighted by Crippen LogP contribution is 2.54. The van der Waals surface area contributed by atoms with Crippen molar-refractivity contribution < 1.29 is 0 Å². The molecule has 0 saturated carbocycles. The molecule has 7 aromatic carbocycles. The van der Waals surface area contributed by atoms with E-state index in [1.807, 2.05) is 0 Å². The van der Waals surface area contributed by atoms with Gasteiger partial charge in [0.15, 0.2) is 0 Å². The Hall–Kier alpha value is -5.34. The summed E-state index contributed by atoms with van der Waals surface area (Å²) in [6.45, 7) is 61.2. The fraction of sp³-hybridized carbons (Fsp3) is 0.472. The van der Waals surface area contributed by atoms with E-state index < -0.39 is 0 Å². The highest BCUT2D eigenvalue weighted by atomic mass is 15.2. The van der Waals surface area contributed by atoms with Crippen molar-refractivity contribution in [3.8, 4) is 0 Å². The van der Waals surface area contributed by atoms with E-state index in [4.69, 9.17) is 0 Å². The monoisotopic (exact) mass is 989 g/mol. The van der Waals surface area contributed by atoms with Gasteiger partial charge in [0.25, 0.3) is 0 Å². The Morgan fingerprint density at radius 1 is 0.216 bits per heavy atom. The summed E-state index contributed by atoms with van der Waals surface area (Å²) >= 11 is 0. The fourth-order valence-electron chi connectivity index (χ4n) is 10.1. The van der Waals surface area contributed by atoms with Crippen molar-refractivity contribution in [3.05, 3.63) is 165 Å². The summed E-state index contributed by atoms with van der Waals surface area (Å²) in [5.41, 5.74) is 19.6. The molecule has 0 aliphatic carbocycles. The molecule has 2 heteroatoms. The molecular formula is C72H96N2. The van der Waals surface area contributed by atoms with E-state index in [0.717, 1.165) is 0 Å². The van der Waals surface area contributed by atoms with Gasteiger partial charge in [0.2, 0.25) is 0 Å². The normalized spacial score (nSPS) is 13.5. The SMILES string of the molecule is Cc1ccc2c(N(c3cc(C(C)(C)C)cc(C(C)(C)C)c3)c3cc(C(C)(C)C)cc(C(C)(C)C)c3)c3cc(C)ccc3c(N(c3cc(C(C)(C)C)cc(C(C)(C)C)c3)c3cc(C(C)(C)C)cc(C(C)(C)C)c3)c2c1. The maximum Gasteiger partial charge on any atom is 0.0620 e. The van der Waals surface area contributed by atoms with E-state index in [1.165, 1.54) is 111 Å². The van der Waals surface area contributed by atoms with Crippen molar-refractivity contribution in [1.82, 2.24) is 0 Å². The van der Waals surface area contributed by atoms with E-state index in [9.17, 15) is 0 Å². The largest absolute Gasteiger partial charge is 0.309 e. The first-order chi connectivity index (χ1) is 33.5. The van der Waals surface area contributed by atoms with Gasteiger partial charge in [-0.3, -0.25) is 0 Å². The molecule has 0 saturated heterocycles. The molecule has 0 fully saturated rings. The fourth-order valence-corrected chi connectivity index (χ4v) is 10.1. The summed E-state index contributed by atoms with van der Waals surface area (Å²) in [7, 11) is 0. The van der Waals surface area contributed by atoms with Crippen molar-refractivity contribution in [2.45, 2.75) is 223 Å². The minimum atomic E-state index is -0.0886. The van der Waals surface area contributed by atoms with Gasteiger partial charge in [-0.25, -0.2) is 0 Å². The first-order valence-corrected chi connectivity index (χ1v) is 27.7. The van der Waals surface area contributed by atoms with Crippen LogP contribution in [0.25, 0.3) is 21.5 Å². The quantitative estimate of drug-likeness (QED) is 0.121. The van der Waals surface area contributed by atoms with Crippen LogP contribution in [0.3, 0.4) is 0 Å². The minimum Gasteiger partial charge on any atom is -0.309 e. The highest BCUT2D eigenvalue weighted by molar-refractivity contribution is 6.23. The van der Waals surface area contributed by atoms with Crippen LogP contribution in [0.15, 0.2) is 109 Å². The number of nitrogens with zero attached hydrogens (tertiary/aromatic N) is 2. The van der Waals surface area contributed by atoms with Gasteiger partial charge in [-0.05, 0) is 162 Å². The predicted octanol–water partition coefficient (Wildman–Crippen LogP) is 21.9. The Bertz CT molecular complexity index is 2740. The Morgan fingerprint density at radius 2 is 0.392 bits per heavy atom. The van der Waals surface area contributed by atoms with Crippen LogP contribution in [0.2, 0.25) is 0 Å². The van der Waals surface area contributed by atoms with Crippen LogP contribution in [-0.4, -0.2) is 0 Å². The molecule has 0 spiro atoms. The Kier molecular flexibility index (Phi) is 14.3. The lowest BCUT2D eigenvalue weighted by Gasteiger charge is -2.37. The number of aryl methyl sites for hydroxylation is 2. The van der Waals surface area contributed by atoms with Gasteiger partial charge in [-0.1, -0.05) is 226 Å². The van der Waals surface area contributed by atoms with E-state index in [0.29, 0.717) is 0 Å². The van der Waals surface area contributed by atoms with Gasteiger partial charge in [-0.15, -0.1) is 0 Å². The van der Waals surface area contributed by atoms with Gasteiger partial charge in [0.1, 0.15) is 0 Å². The lowest BCUT2D eigenvalue weighted by Crippen LogP contribution is -2.22.